The Morgan fingerprint density at radius 3 is 1.63 bits per heavy atom. The number of halogens is 1. The van der Waals surface area contributed by atoms with Crippen LogP contribution in [-0.2, 0) is 10.5 Å². The summed E-state index contributed by atoms with van der Waals surface area (Å²) in [4.78, 5) is 0. The molecule has 0 heterocycles. The van der Waals surface area contributed by atoms with Gasteiger partial charge in [0, 0.05) is 5.33 Å². The Morgan fingerprint density at radius 2 is 1.00 bits per heavy atom. The number of fused-ring (bicyclic) bond motifs is 2. The fourth-order valence-corrected chi connectivity index (χ4v) is 14.7. The molecule has 0 bridgehead atoms. The summed E-state index contributed by atoms with van der Waals surface area (Å²) < 4.78 is 0. The molecule has 260 valence electrons. The quantitative estimate of drug-likeness (QED) is 0.101. The zero-order valence-corrected chi connectivity index (χ0v) is 33.3. The Morgan fingerprint density at radius 1 is 0.481 bits per heavy atom. The van der Waals surface area contributed by atoms with Crippen molar-refractivity contribution in [2.24, 2.45) is 0 Å². The van der Waals surface area contributed by atoms with Crippen molar-refractivity contribution in [2.75, 3.05) is 0 Å². The van der Waals surface area contributed by atoms with E-state index in [1.165, 1.54) is 70.0 Å². The van der Waals surface area contributed by atoms with E-state index in [1.807, 2.05) is 0 Å². The zero-order valence-electron chi connectivity index (χ0n) is 29.9. The Labute approximate surface area is 329 Å². The lowest BCUT2D eigenvalue weighted by molar-refractivity contribution is 0.799. The molecule has 1 atom stereocenters. The second kappa shape index (κ2) is 15.5. The van der Waals surface area contributed by atoms with Gasteiger partial charge in [-0.1, -0.05) is 228 Å². The standard InChI is InChI=1S/C51H39BrP2/c52-37-40-21-15-18-32-47(40)51(54(43-26-9-3-10-27-43)44-28-11-4-12-29-44)36-35-39-20-14-17-31-46(39)50(51)49-45-30-16-13-19-38(45)33-34-48(49)53(41-22-5-1-6-23-41)42-24-7-2-8-25-42/h1-35H,36-37H2/t51-/m0/s1. The molecule has 0 saturated heterocycles. The predicted molar refractivity (Wildman–Crippen MR) is 240 cm³/mol. The lowest BCUT2D eigenvalue weighted by atomic mass is 9.76. The average Bonchev–Trinajstić information content (AvgIpc) is 3.25. The van der Waals surface area contributed by atoms with Gasteiger partial charge in [-0.3, -0.25) is 0 Å². The van der Waals surface area contributed by atoms with Gasteiger partial charge in [0.25, 0.3) is 0 Å². The van der Waals surface area contributed by atoms with Crippen molar-refractivity contribution < 1.29 is 0 Å². The highest BCUT2D eigenvalue weighted by atomic mass is 79.9. The highest BCUT2D eigenvalue weighted by Gasteiger charge is 2.48. The topological polar surface area (TPSA) is 0 Å². The minimum absolute atomic E-state index is 0.427. The van der Waals surface area contributed by atoms with E-state index in [4.69, 9.17) is 0 Å². The minimum Gasteiger partial charge on any atom is -0.0876 e. The first kappa shape index (κ1) is 34.8. The summed E-state index contributed by atoms with van der Waals surface area (Å²) in [7, 11) is -1.95. The summed E-state index contributed by atoms with van der Waals surface area (Å²) in [5, 5.41) is 12.4. The van der Waals surface area contributed by atoms with Crippen LogP contribution in [0.3, 0.4) is 0 Å². The molecule has 0 spiro atoms. The third-order valence-electron chi connectivity index (χ3n) is 10.7. The SMILES string of the molecule is BrCc1ccccc1[C@@]1(P(c2ccccc2)c2ccccc2)CC=c2ccccc2=C1c1c(P(c2ccccc2)c2ccccc2)ccc2ccccc12. The number of hydrogen-bond acceptors (Lipinski definition) is 0. The summed E-state index contributed by atoms with van der Waals surface area (Å²) in [5.41, 5.74) is 5.52. The van der Waals surface area contributed by atoms with Crippen LogP contribution >= 0.6 is 31.8 Å². The van der Waals surface area contributed by atoms with Crippen LogP contribution in [0.2, 0.25) is 0 Å². The highest BCUT2D eigenvalue weighted by molar-refractivity contribution is 9.08. The maximum Gasteiger partial charge on any atom is 0.0533 e. The van der Waals surface area contributed by atoms with Crippen molar-refractivity contribution >= 4 is 80.7 Å². The fraction of sp³-hybridized carbons (Fsp3) is 0.0588. The summed E-state index contributed by atoms with van der Waals surface area (Å²) in [6.07, 6.45) is 3.41. The van der Waals surface area contributed by atoms with E-state index in [0.29, 0.717) is 0 Å². The molecular formula is C51H39BrP2. The van der Waals surface area contributed by atoms with Gasteiger partial charge in [-0.15, -0.1) is 0 Å². The van der Waals surface area contributed by atoms with Gasteiger partial charge in [0.1, 0.15) is 0 Å². The third kappa shape index (κ3) is 6.20. The van der Waals surface area contributed by atoms with Crippen molar-refractivity contribution in [3.8, 4) is 0 Å². The first-order valence-corrected chi connectivity index (χ1v) is 22.4. The third-order valence-corrected chi connectivity index (χ3v) is 16.8. The number of alkyl halides is 1. The average molecular weight is 794 g/mol. The predicted octanol–water partition coefficient (Wildman–Crippen LogP) is 9.90. The molecule has 0 unspecified atom stereocenters. The largest absolute Gasteiger partial charge is 0.0876 e. The molecule has 8 aromatic rings. The van der Waals surface area contributed by atoms with Crippen LogP contribution in [0.1, 0.15) is 23.1 Å². The van der Waals surface area contributed by atoms with Crippen LogP contribution < -0.4 is 37.0 Å². The fourth-order valence-electron chi connectivity index (χ4n) is 8.47. The van der Waals surface area contributed by atoms with Crippen molar-refractivity contribution in [1.29, 1.82) is 0 Å². The molecule has 8 aromatic carbocycles. The molecule has 0 saturated carbocycles. The summed E-state index contributed by atoms with van der Waals surface area (Å²) in [5.74, 6) is 0. The van der Waals surface area contributed by atoms with E-state index in [2.05, 4.69) is 228 Å². The van der Waals surface area contributed by atoms with Crippen molar-refractivity contribution in [2.45, 2.75) is 16.9 Å². The molecule has 0 aliphatic heterocycles. The first-order chi connectivity index (χ1) is 26.8. The molecule has 3 heteroatoms. The summed E-state index contributed by atoms with van der Waals surface area (Å²) >= 11 is 4.00. The van der Waals surface area contributed by atoms with E-state index in [0.717, 1.165) is 11.8 Å². The molecule has 54 heavy (non-hydrogen) atoms. The molecule has 1 aliphatic rings. The molecule has 0 N–H and O–H groups in total. The zero-order chi connectivity index (χ0) is 36.3. The van der Waals surface area contributed by atoms with Crippen molar-refractivity contribution in [3.05, 3.63) is 233 Å². The van der Waals surface area contributed by atoms with Crippen LogP contribution in [0.25, 0.3) is 22.4 Å². The van der Waals surface area contributed by atoms with E-state index in [-0.39, 0.29) is 0 Å². The Kier molecular flexibility index (Phi) is 9.97. The maximum atomic E-state index is 4.00. The van der Waals surface area contributed by atoms with Gasteiger partial charge >= 0.3 is 0 Å². The van der Waals surface area contributed by atoms with Gasteiger partial charge in [0.05, 0.1) is 5.16 Å². The molecule has 0 aromatic heterocycles. The molecule has 1 aliphatic carbocycles. The molecular weight excluding hydrogens is 754 g/mol. The first-order valence-electron chi connectivity index (χ1n) is 18.5. The van der Waals surface area contributed by atoms with Crippen LogP contribution in [0.15, 0.2) is 206 Å². The second-order valence-corrected chi connectivity index (χ2v) is 18.9. The number of hydrogen-bond donors (Lipinski definition) is 0. The number of benzene rings is 8. The lowest BCUT2D eigenvalue weighted by Gasteiger charge is -2.47. The van der Waals surface area contributed by atoms with Crippen molar-refractivity contribution in [1.82, 2.24) is 0 Å². The smallest absolute Gasteiger partial charge is 0.0533 e. The normalized spacial score (nSPS) is 15.3. The van der Waals surface area contributed by atoms with Crippen LogP contribution in [0.4, 0.5) is 0 Å². The van der Waals surface area contributed by atoms with E-state index in [9.17, 15) is 0 Å². The van der Waals surface area contributed by atoms with Crippen LogP contribution in [0.5, 0.6) is 0 Å². The van der Waals surface area contributed by atoms with Gasteiger partial charge in [-0.05, 0) is 92.3 Å². The monoisotopic (exact) mass is 792 g/mol. The van der Waals surface area contributed by atoms with E-state index in [1.54, 1.807) is 0 Å². The van der Waals surface area contributed by atoms with Gasteiger partial charge in [0.15, 0.2) is 0 Å². The summed E-state index contributed by atoms with van der Waals surface area (Å²) in [6.45, 7) is 0. The highest BCUT2D eigenvalue weighted by Crippen LogP contribution is 2.64. The van der Waals surface area contributed by atoms with Gasteiger partial charge in [0.2, 0.25) is 0 Å². The molecule has 0 nitrogen and oxygen atoms in total. The molecule has 0 amide bonds. The second-order valence-electron chi connectivity index (χ2n) is 13.7. The Balaban J connectivity index is 1.52. The summed E-state index contributed by atoms with van der Waals surface area (Å²) in [6, 6.07) is 77.4. The van der Waals surface area contributed by atoms with Gasteiger partial charge in [-0.2, -0.15) is 0 Å². The molecule has 9 rings (SSSR count). The van der Waals surface area contributed by atoms with Crippen molar-refractivity contribution in [3.63, 3.8) is 0 Å². The number of rotatable bonds is 9. The van der Waals surface area contributed by atoms with Gasteiger partial charge in [-0.25, -0.2) is 0 Å². The Bertz CT molecular complexity index is 2600. The van der Waals surface area contributed by atoms with Gasteiger partial charge < -0.3 is 0 Å². The molecule has 0 radical (unpaired) electrons. The maximum absolute atomic E-state index is 4.00. The Hall–Kier alpha value is -4.90. The van der Waals surface area contributed by atoms with E-state index >= 15 is 0 Å². The van der Waals surface area contributed by atoms with Crippen LogP contribution in [0, 0.1) is 0 Å². The lowest BCUT2D eigenvalue weighted by Crippen LogP contribution is -2.45. The van der Waals surface area contributed by atoms with E-state index < -0.39 is 21.0 Å². The van der Waals surface area contributed by atoms with Crippen LogP contribution in [-0.4, -0.2) is 0 Å². The molecule has 0 fully saturated rings. The minimum atomic E-state index is -1.02.